The van der Waals surface area contributed by atoms with Gasteiger partial charge in [-0.1, -0.05) is 12.2 Å². The zero-order chi connectivity index (χ0) is 13.8. The smallest absolute Gasteiger partial charge is 0.318 e. The molecule has 0 aromatic carbocycles. The van der Waals surface area contributed by atoms with Gasteiger partial charge in [0, 0.05) is 0 Å². The molecule has 102 valence electrons. The molecular formula is C14H10O6. The topological polar surface area (TPSA) is 86.7 Å². The van der Waals surface area contributed by atoms with Crippen LogP contribution in [0, 0.1) is 47.3 Å². The summed E-state index contributed by atoms with van der Waals surface area (Å²) in [5.74, 6) is -4.26. The van der Waals surface area contributed by atoms with Gasteiger partial charge in [0.2, 0.25) is 0 Å². The fraction of sp³-hybridized carbons (Fsp3) is 0.571. The van der Waals surface area contributed by atoms with Gasteiger partial charge in [-0.15, -0.1) is 0 Å². The Morgan fingerprint density at radius 1 is 0.600 bits per heavy atom. The molecule has 6 rings (SSSR count). The van der Waals surface area contributed by atoms with Gasteiger partial charge in [0.1, 0.15) is 0 Å². The molecule has 2 saturated carbocycles. The highest BCUT2D eigenvalue weighted by molar-refractivity contribution is 6.01. The van der Waals surface area contributed by atoms with Crippen molar-refractivity contribution in [3.8, 4) is 0 Å². The van der Waals surface area contributed by atoms with Crippen LogP contribution < -0.4 is 0 Å². The molecule has 2 heterocycles. The summed E-state index contributed by atoms with van der Waals surface area (Å²) in [5.41, 5.74) is 0. The van der Waals surface area contributed by atoms with Crippen molar-refractivity contribution in [3.05, 3.63) is 12.2 Å². The molecule has 8 atom stereocenters. The maximum atomic E-state index is 11.9. The van der Waals surface area contributed by atoms with Gasteiger partial charge in [-0.05, 0) is 23.7 Å². The van der Waals surface area contributed by atoms with Crippen molar-refractivity contribution >= 4 is 23.9 Å². The van der Waals surface area contributed by atoms with Crippen molar-refractivity contribution in [3.63, 3.8) is 0 Å². The average Bonchev–Trinajstić information content (AvgIpc) is 2.78. The number of carbonyl (C=O) groups excluding carboxylic acids is 4. The Morgan fingerprint density at radius 3 is 1.35 bits per heavy atom. The summed E-state index contributed by atoms with van der Waals surface area (Å²) in [6.07, 6.45) is 3.83. The summed E-state index contributed by atoms with van der Waals surface area (Å²) in [6, 6.07) is 0. The van der Waals surface area contributed by atoms with Crippen molar-refractivity contribution in [2.45, 2.75) is 0 Å². The second-order valence-corrected chi connectivity index (χ2v) is 6.28. The van der Waals surface area contributed by atoms with E-state index in [0.717, 1.165) is 0 Å². The highest BCUT2D eigenvalue weighted by Crippen LogP contribution is 2.67. The van der Waals surface area contributed by atoms with Crippen molar-refractivity contribution in [1.82, 2.24) is 0 Å². The summed E-state index contributed by atoms with van der Waals surface area (Å²) in [5, 5.41) is 0. The maximum Gasteiger partial charge on any atom is 0.318 e. The number of hydrogen-bond donors (Lipinski definition) is 0. The number of allylic oxidation sites excluding steroid dienone is 2. The van der Waals surface area contributed by atoms with Crippen LogP contribution in [0.5, 0.6) is 0 Å². The molecule has 20 heavy (non-hydrogen) atoms. The molecule has 6 aliphatic rings. The summed E-state index contributed by atoms with van der Waals surface area (Å²) >= 11 is 0. The van der Waals surface area contributed by atoms with Crippen LogP contribution >= 0.6 is 0 Å². The molecule has 0 radical (unpaired) electrons. The maximum absolute atomic E-state index is 11.9. The third kappa shape index (κ3) is 0.910. The number of hydrogen-bond acceptors (Lipinski definition) is 6. The van der Waals surface area contributed by atoms with Crippen molar-refractivity contribution in [1.29, 1.82) is 0 Å². The lowest BCUT2D eigenvalue weighted by Gasteiger charge is -2.59. The minimum atomic E-state index is -0.487. The molecule has 4 fully saturated rings. The summed E-state index contributed by atoms with van der Waals surface area (Å²) in [4.78, 5) is 47.3. The average molecular weight is 274 g/mol. The van der Waals surface area contributed by atoms with Crippen LogP contribution in [0.25, 0.3) is 0 Å². The van der Waals surface area contributed by atoms with Gasteiger partial charge in [-0.25, -0.2) is 0 Å². The summed E-state index contributed by atoms with van der Waals surface area (Å²) < 4.78 is 9.50. The SMILES string of the molecule is O=C1OC(=O)[C@H]2[C@@H]3C=C[C@H]([C@@H]12)[C@@H]1[C@@H]2C(=O)OC(=O)[C@H]2[C@@H]31. The third-order valence-electron chi connectivity index (χ3n) is 5.81. The number of rotatable bonds is 0. The minimum absolute atomic E-state index is 0.0614. The normalized spacial score (nSPS) is 54.0. The van der Waals surface area contributed by atoms with Crippen molar-refractivity contribution in [2.24, 2.45) is 47.3 Å². The van der Waals surface area contributed by atoms with Gasteiger partial charge in [-0.2, -0.15) is 0 Å². The van der Waals surface area contributed by atoms with Gasteiger partial charge in [0.15, 0.2) is 0 Å². The van der Waals surface area contributed by atoms with Crippen LogP contribution in [-0.2, 0) is 28.7 Å². The lowest BCUT2D eigenvalue weighted by atomic mass is 9.40. The standard InChI is InChI=1S/C14H10O6/c15-11-7-3-1-2-4(8(7)12(16)19-11)6-5(3)9-10(6)14(18)20-13(9)17/h1-10H/t3-,4+,5-,6-,7+,8-,9-,10-/m0/s1. The highest BCUT2D eigenvalue weighted by Gasteiger charge is 2.74. The van der Waals surface area contributed by atoms with E-state index in [1.807, 2.05) is 12.2 Å². The molecule has 6 nitrogen and oxygen atoms in total. The fourth-order valence-electron chi connectivity index (χ4n) is 5.20. The quantitative estimate of drug-likeness (QED) is 0.342. The Kier molecular flexibility index (Phi) is 1.63. The Bertz CT molecular complexity index is 582. The number of ether oxygens (including phenoxy) is 2. The molecule has 6 heteroatoms. The molecule has 2 saturated heterocycles. The Balaban J connectivity index is 1.63. The molecule has 0 aromatic rings. The van der Waals surface area contributed by atoms with Gasteiger partial charge in [0.05, 0.1) is 23.7 Å². The van der Waals surface area contributed by atoms with E-state index in [2.05, 4.69) is 0 Å². The summed E-state index contributed by atoms with van der Waals surface area (Å²) in [6.45, 7) is 0. The molecule has 2 aliphatic heterocycles. The van der Waals surface area contributed by atoms with Crippen molar-refractivity contribution < 1.29 is 28.7 Å². The molecule has 0 N–H and O–H groups in total. The van der Waals surface area contributed by atoms with Crippen LogP contribution in [0.15, 0.2) is 12.2 Å². The van der Waals surface area contributed by atoms with E-state index in [-0.39, 0.29) is 23.7 Å². The molecule has 2 bridgehead atoms. The monoisotopic (exact) mass is 274 g/mol. The molecule has 0 unspecified atom stereocenters. The molecule has 4 aliphatic carbocycles. The Labute approximate surface area is 113 Å². The lowest BCUT2D eigenvalue weighted by molar-refractivity contribution is -0.166. The van der Waals surface area contributed by atoms with E-state index in [4.69, 9.17) is 9.47 Å². The second-order valence-electron chi connectivity index (χ2n) is 6.28. The fourth-order valence-corrected chi connectivity index (χ4v) is 5.20. The van der Waals surface area contributed by atoms with E-state index in [0.29, 0.717) is 0 Å². The van der Waals surface area contributed by atoms with Crippen molar-refractivity contribution in [2.75, 3.05) is 0 Å². The van der Waals surface area contributed by atoms with Crippen LogP contribution in [-0.4, -0.2) is 23.9 Å². The van der Waals surface area contributed by atoms with E-state index >= 15 is 0 Å². The second kappa shape index (κ2) is 3.02. The van der Waals surface area contributed by atoms with Gasteiger partial charge >= 0.3 is 23.9 Å². The zero-order valence-electron chi connectivity index (χ0n) is 10.2. The van der Waals surface area contributed by atoms with Gasteiger partial charge < -0.3 is 9.47 Å². The highest BCUT2D eigenvalue weighted by atomic mass is 16.6. The number of carbonyl (C=O) groups is 4. The molecular weight excluding hydrogens is 264 g/mol. The van der Waals surface area contributed by atoms with Crippen LogP contribution in [0.4, 0.5) is 0 Å². The minimum Gasteiger partial charge on any atom is -0.393 e. The number of fused-ring (bicyclic) bond motifs is 1. The number of cyclic esters (lactones) is 4. The first kappa shape index (κ1) is 10.8. The van der Waals surface area contributed by atoms with Crippen LogP contribution in [0.3, 0.4) is 0 Å². The number of esters is 4. The molecule has 0 spiro atoms. The molecule has 0 amide bonds. The Hall–Kier alpha value is -1.98. The van der Waals surface area contributed by atoms with E-state index in [1.54, 1.807) is 0 Å². The predicted octanol–water partition coefficient (Wildman–Crippen LogP) is -0.320. The first-order valence-corrected chi connectivity index (χ1v) is 6.79. The first-order chi connectivity index (χ1) is 9.59. The largest absolute Gasteiger partial charge is 0.393 e. The predicted molar refractivity (Wildman–Crippen MR) is 59.3 cm³/mol. The summed E-state index contributed by atoms with van der Waals surface area (Å²) in [7, 11) is 0. The zero-order valence-corrected chi connectivity index (χ0v) is 10.2. The van der Waals surface area contributed by atoms with E-state index < -0.39 is 47.5 Å². The Morgan fingerprint density at radius 2 is 0.950 bits per heavy atom. The third-order valence-corrected chi connectivity index (χ3v) is 5.81. The van der Waals surface area contributed by atoms with Gasteiger partial charge in [0.25, 0.3) is 0 Å². The first-order valence-electron chi connectivity index (χ1n) is 6.79. The van der Waals surface area contributed by atoms with Gasteiger partial charge in [-0.3, -0.25) is 19.2 Å². The lowest BCUT2D eigenvalue weighted by Crippen LogP contribution is -2.63. The van der Waals surface area contributed by atoms with Crippen LogP contribution in [0.2, 0.25) is 0 Å². The van der Waals surface area contributed by atoms with Crippen LogP contribution in [0.1, 0.15) is 0 Å². The molecule has 0 aromatic heterocycles. The van der Waals surface area contributed by atoms with E-state index in [9.17, 15) is 19.2 Å². The van der Waals surface area contributed by atoms with E-state index in [1.165, 1.54) is 0 Å².